The minimum atomic E-state index is -0.659. The van der Waals surface area contributed by atoms with Gasteiger partial charge in [0.1, 0.15) is 11.6 Å². The second-order valence-corrected chi connectivity index (χ2v) is 8.20. The van der Waals surface area contributed by atoms with Crippen LogP contribution in [-0.4, -0.2) is 26.3 Å². The number of hydrogen-bond acceptors (Lipinski definition) is 4. The molecule has 1 aliphatic heterocycles. The van der Waals surface area contributed by atoms with Crippen LogP contribution in [0.15, 0.2) is 42.6 Å². The average Bonchev–Trinajstić information content (AvgIpc) is 3.15. The monoisotopic (exact) mass is 421 g/mol. The molecule has 1 saturated carbocycles. The maximum absolute atomic E-state index is 13.5. The highest BCUT2D eigenvalue weighted by Gasteiger charge is 2.59. The number of carbonyl (C=O) groups is 1. The Hall–Kier alpha value is -2.95. The first-order valence-corrected chi connectivity index (χ1v) is 10.0. The number of aromatic nitrogens is 2. The summed E-state index contributed by atoms with van der Waals surface area (Å²) in [5, 5.41) is 15.2. The van der Waals surface area contributed by atoms with Crippen molar-refractivity contribution in [3.05, 3.63) is 53.2 Å². The minimum Gasteiger partial charge on any atom is -0.303 e. The Kier molecular flexibility index (Phi) is 3.92. The van der Waals surface area contributed by atoms with Gasteiger partial charge in [-0.1, -0.05) is 11.6 Å². The molecule has 0 bridgehead atoms. The van der Waals surface area contributed by atoms with Gasteiger partial charge in [-0.3, -0.25) is 14.4 Å². The summed E-state index contributed by atoms with van der Waals surface area (Å²) in [7, 11) is 1.90. The lowest BCUT2D eigenvalue weighted by atomic mass is 9.75. The van der Waals surface area contributed by atoms with Gasteiger partial charge in [-0.05, 0) is 67.9 Å². The van der Waals surface area contributed by atoms with Crippen molar-refractivity contribution in [1.82, 2.24) is 9.78 Å². The number of halogens is 1. The van der Waals surface area contributed by atoms with E-state index in [9.17, 15) is 4.79 Å². The molecule has 0 unspecified atom stereocenters. The van der Waals surface area contributed by atoms with Gasteiger partial charge in [0.05, 0.1) is 28.0 Å². The van der Waals surface area contributed by atoms with Crippen molar-refractivity contribution in [3.8, 4) is 6.07 Å². The fraction of sp³-hybridized carbons (Fsp3) is 0.238. The minimum absolute atomic E-state index is 0.0409. The number of rotatable bonds is 2. The van der Waals surface area contributed by atoms with Gasteiger partial charge >= 0.3 is 0 Å². The van der Waals surface area contributed by atoms with Gasteiger partial charge in [0.25, 0.3) is 5.91 Å². The Balaban J connectivity index is 1.62. The molecule has 6 nitrogen and oxygen atoms in total. The molecule has 1 aliphatic carbocycles. The van der Waals surface area contributed by atoms with E-state index >= 15 is 0 Å². The van der Waals surface area contributed by atoms with Crippen molar-refractivity contribution in [2.75, 3.05) is 9.80 Å². The van der Waals surface area contributed by atoms with Gasteiger partial charge in [0.15, 0.2) is 5.11 Å². The van der Waals surface area contributed by atoms with E-state index in [-0.39, 0.29) is 5.91 Å². The SMILES string of the molecule is Cn1ncc2cc(N3C(=S)N(c4ccc(C#N)c(Cl)c4)C(=O)C34CCC4)ccc21. The molecular weight excluding hydrogens is 406 g/mol. The van der Waals surface area contributed by atoms with Crippen LogP contribution in [0.25, 0.3) is 10.9 Å². The molecule has 0 atom stereocenters. The van der Waals surface area contributed by atoms with Crippen LogP contribution in [0.1, 0.15) is 24.8 Å². The van der Waals surface area contributed by atoms with Crippen LogP contribution in [0.5, 0.6) is 0 Å². The van der Waals surface area contributed by atoms with E-state index in [1.165, 1.54) is 0 Å². The molecule has 5 rings (SSSR count). The third kappa shape index (κ3) is 2.43. The van der Waals surface area contributed by atoms with Crippen molar-refractivity contribution >= 4 is 57.1 Å². The lowest BCUT2D eigenvalue weighted by Gasteiger charge is -2.43. The molecule has 8 heteroatoms. The van der Waals surface area contributed by atoms with E-state index in [4.69, 9.17) is 29.1 Å². The maximum Gasteiger partial charge on any atom is 0.259 e. The van der Waals surface area contributed by atoms with E-state index in [1.54, 1.807) is 23.1 Å². The van der Waals surface area contributed by atoms with Crippen LogP contribution in [-0.2, 0) is 11.8 Å². The second-order valence-electron chi connectivity index (χ2n) is 7.43. The highest BCUT2D eigenvalue weighted by molar-refractivity contribution is 7.81. The highest BCUT2D eigenvalue weighted by Crippen LogP contribution is 2.48. The summed E-state index contributed by atoms with van der Waals surface area (Å²) < 4.78 is 1.82. The quantitative estimate of drug-likeness (QED) is 0.581. The first kappa shape index (κ1) is 18.1. The lowest BCUT2D eigenvalue weighted by molar-refractivity contribution is -0.123. The number of nitriles is 1. The Labute approximate surface area is 177 Å². The number of thiocarbonyl (C=S) groups is 1. The first-order valence-electron chi connectivity index (χ1n) is 9.26. The fourth-order valence-corrected chi connectivity index (χ4v) is 4.92. The summed E-state index contributed by atoms with van der Waals surface area (Å²) in [5.41, 5.74) is 2.19. The lowest BCUT2D eigenvalue weighted by Crippen LogP contribution is -2.55. The molecule has 1 amide bonds. The molecular formula is C21H16ClN5OS. The summed E-state index contributed by atoms with van der Waals surface area (Å²) in [6.07, 6.45) is 4.28. The molecule has 2 heterocycles. The number of fused-ring (bicyclic) bond motifs is 1. The number of anilines is 2. The second kappa shape index (κ2) is 6.28. The molecule has 1 spiro atoms. The molecule has 2 aromatic carbocycles. The number of aryl methyl sites for hydroxylation is 1. The summed E-state index contributed by atoms with van der Waals surface area (Å²) >= 11 is 12.0. The van der Waals surface area contributed by atoms with Gasteiger partial charge < -0.3 is 4.90 Å². The molecule has 0 radical (unpaired) electrons. The zero-order chi connectivity index (χ0) is 20.3. The predicted octanol–water partition coefficient (Wildman–Crippen LogP) is 4.16. The van der Waals surface area contributed by atoms with Crippen molar-refractivity contribution in [3.63, 3.8) is 0 Å². The molecule has 2 fully saturated rings. The molecule has 1 aromatic heterocycles. The van der Waals surface area contributed by atoms with Crippen LogP contribution in [0, 0.1) is 11.3 Å². The third-order valence-electron chi connectivity index (χ3n) is 5.91. The number of carbonyl (C=O) groups excluding carboxylic acids is 1. The molecule has 0 N–H and O–H groups in total. The predicted molar refractivity (Wildman–Crippen MR) is 116 cm³/mol. The summed E-state index contributed by atoms with van der Waals surface area (Å²) in [6, 6.07) is 13.0. The van der Waals surface area contributed by atoms with E-state index in [2.05, 4.69) is 5.10 Å². The normalized spacial score (nSPS) is 17.8. The molecule has 2 aliphatic rings. The van der Waals surface area contributed by atoms with Crippen LogP contribution in [0.4, 0.5) is 11.4 Å². The Morgan fingerprint density at radius 3 is 2.62 bits per heavy atom. The largest absolute Gasteiger partial charge is 0.303 e. The van der Waals surface area contributed by atoms with E-state index in [0.29, 0.717) is 21.4 Å². The fourth-order valence-electron chi connectivity index (χ4n) is 4.23. The third-order valence-corrected chi connectivity index (χ3v) is 6.59. The van der Waals surface area contributed by atoms with Gasteiger partial charge in [-0.25, -0.2) is 0 Å². The zero-order valence-corrected chi connectivity index (χ0v) is 17.2. The van der Waals surface area contributed by atoms with E-state index in [1.807, 2.05) is 47.1 Å². The molecule has 1 saturated heterocycles. The Morgan fingerprint density at radius 2 is 1.97 bits per heavy atom. The van der Waals surface area contributed by atoms with Gasteiger partial charge in [-0.15, -0.1) is 0 Å². The van der Waals surface area contributed by atoms with E-state index < -0.39 is 5.54 Å². The van der Waals surface area contributed by atoms with Crippen molar-refractivity contribution in [2.24, 2.45) is 7.05 Å². The van der Waals surface area contributed by atoms with Crippen LogP contribution in [0.2, 0.25) is 5.02 Å². The molecule has 144 valence electrons. The summed E-state index contributed by atoms with van der Waals surface area (Å²) in [4.78, 5) is 17.0. The Bertz CT molecular complexity index is 1240. The van der Waals surface area contributed by atoms with Crippen molar-refractivity contribution in [1.29, 1.82) is 5.26 Å². The first-order chi connectivity index (χ1) is 14.0. The van der Waals surface area contributed by atoms with E-state index in [0.717, 1.165) is 35.9 Å². The number of amides is 1. The van der Waals surface area contributed by atoms with Gasteiger partial charge in [0.2, 0.25) is 0 Å². The maximum atomic E-state index is 13.5. The molecule has 29 heavy (non-hydrogen) atoms. The highest BCUT2D eigenvalue weighted by atomic mass is 35.5. The van der Waals surface area contributed by atoms with Crippen molar-refractivity contribution < 1.29 is 4.79 Å². The topological polar surface area (TPSA) is 65.2 Å². The summed E-state index contributed by atoms with van der Waals surface area (Å²) in [6.45, 7) is 0. The summed E-state index contributed by atoms with van der Waals surface area (Å²) in [5.74, 6) is -0.0409. The number of benzene rings is 2. The number of nitrogens with zero attached hydrogens (tertiary/aromatic N) is 5. The van der Waals surface area contributed by atoms with Crippen LogP contribution < -0.4 is 9.80 Å². The average molecular weight is 422 g/mol. The van der Waals surface area contributed by atoms with Gasteiger partial charge in [-0.2, -0.15) is 10.4 Å². The van der Waals surface area contributed by atoms with Crippen LogP contribution in [0.3, 0.4) is 0 Å². The smallest absolute Gasteiger partial charge is 0.259 e. The van der Waals surface area contributed by atoms with Gasteiger partial charge in [0, 0.05) is 18.1 Å². The standard InChI is InChI=1S/C21H16ClN5OS/c1-25-18-6-5-16(9-14(18)12-24-25)27-20(29)26(19(28)21(27)7-2-8-21)15-4-3-13(11-23)17(22)10-15/h3-6,9-10,12H,2,7-8H2,1H3. The Morgan fingerprint density at radius 1 is 1.21 bits per heavy atom. The zero-order valence-electron chi connectivity index (χ0n) is 15.6. The number of hydrogen-bond donors (Lipinski definition) is 0. The van der Waals surface area contributed by atoms with Crippen LogP contribution >= 0.6 is 23.8 Å². The molecule has 3 aromatic rings. The van der Waals surface area contributed by atoms with Crippen molar-refractivity contribution in [2.45, 2.75) is 24.8 Å².